The Morgan fingerprint density at radius 2 is 2.29 bits per heavy atom. The van der Waals surface area contributed by atoms with Crippen molar-refractivity contribution in [2.24, 2.45) is 0 Å². The molecule has 0 radical (unpaired) electrons. The van der Waals surface area contributed by atoms with E-state index in [1.54, 1.807) is 7.11 Å². The van der Waals surface area contributed by atoms with Crippen molar-refractivity contribution in [3.63, 3.8) is 0 Å². The molecule has 1 aromatic carbocycles. The summed E-state index contributed by atoms with van der Waals surface area (Å²) in [7, 11) is -1.31. The van der Waals surface area contributed by atoms with Crippen LogP contribution >= 0.6 is 12.2 Å². The van der Waals surface area contributed by atoms with Crippen LogP contribution < -0.4 is 10.1 Å². The van der Waals surface area contributed by atoms with Gasteiger partial charge in [-0.15, -0.1) is 0 Å². The van der Waals surface area contributed by atoms with Crippen molar-refractivity contribution in [1.82, 2.24) is 4.90 Å². The molecule has 0 bridgehead atoms. The van der Waals surface area contributed by atoms with Gasteiger partial charge >= 0.3 is 0 Å². The summed E-state index contributed by atoms with van der Waals surface area (Å²) in [6, 6.07) is 7.44. The standard InChI is InChI=1S/C14H20N2O3S2/c1-3-16(12-7-8-21(17,18)10-12)14(20)15-11-5-4-6-13(9-11)19-2/h4-6,9,12H,3,7-8,10H2,1-2H3,(H,15,20)/t12-/m0/s1. The van der Waals surface area contributed by atoms with E-state index in [1.165, 1.54) is 0 Å². The van der Waals surface area contributed by atoms with Gasteiger partial charge in [0.25, 0.3) is 0 Å². The van der Waals surface area contributed by atoms with Gasteiger partial charge in [0.1, 0.15) is 5.75 Å². The van der Waals surface area contributed by atoms with Crippen LogP contribution in [0.2, 0.25) is 0 Å². The molecule has 0 saturated carbocycles. The van der Waals surface area contributed by atoms with Crippen LogP contribution in [0.5, 0.6) is 5.75 Å². The quantitative estimate of drug-likeness (QED) is 0.852. The molecule has 0 unspecified atom stereocenters. The van der Waals surface area contributed by atoms with Crippen molar-refractivity contribution >= 4 is 32.9 Å². The third-order valence-electron chi connectivity index (χ3n) is 3.57. The minimum absolute atomic E-state index is 0.0365. The van der Waals surface area contributed by atoms with Gasteiger partial charge in [0, 0.05) is 24.3 Å². The molecule has 116 valence electrons. The van der Waals surface area contributed by atoms with Crippen LogP contribution in [0.15, 0.2) is 24.3 Å². The average Bonchev–Trinajstić information content (AvgIpc) is 2.80. The van der Waals surface area contributed by atoms with Gasteiger partial charge in [-0.1, -0.05) is 6.07 Å². The zero-order valence-electron chi connectivity index (χ0n) is 12.2. The zero-order valence-corrected chi connectivity index (χ0v) is 13.8. The third-order valence-corrected chi connectivity index (χ3v) is 5.66. The highest BCUT2D eigenvalue weighted by atomic mass is 32.2. The van der Waals surface area contributed by atoms with Crippen LogP contribution in [0.3, 0.4) is 0 Å². The van der Waals surface area contributed by atoms with Gasteiger partial charge in [0.2, 0.25) is 0 Å². The van der Waals surface area contributed by atoms with Crippen molar-refractivity contribution in [2.45, 2.75) is 19.4 Å². The number of benzene rings is 1. The average molecular weight is 328 g/mol. The van der Waals surface area contributed by atoms with E-state index in [9.17, 15) is 8.42 Å². The molecule has 1 aliphatic rings. The highest BCUT2D eigenvalue weighted by molar-refractivity contribution is 7.91. The lowest BCUT2D eigenvalue weighted by Gasteiger charge is -2.29. The highest BCUT2D eigenvalue weighted by Crippen LogP contribution is 2.21. The van der Waals surface area contributed by atoms with Gasteiger partial charge in [-0.05, 0) is 37.7 Å². The van der Waals surface area contributed by atoms with Crippen LogP contribution in [-0.2, 0) is 9.84 Å². The maximum absolute atomic E-state index is 11.6. The molecule has 1 aliphatic heterocycles. The third kappa shape index (κ3) is 4.07. The fraction of sp³-hybridized carbons (Fsp3) is 0.500. The van der Waals surface area contributed by atoms with E-state index in [1.807, 2.05) is 36.1 Å². The number of sulfone groups is 1. The van der Waals surface area contributed by atoms with Gasteiger partial charge in [0.15, 0.2) is 14.9 Å². The Kier molecular flexibility index (Phi) is 5.05. The molecule has 0 aromatic heterocycles. The Labute approximate surface area is 131 Å². The van der Waals surface area contributed by atoms with Crippen molar-refractivity contribution in [2.75, 3.05) is 30.5 Å². The molecule has 1 N–H and O–H groups in total. The number of hydrogen-bond acceptors (Lipinski definition) is 4. The number of anilines is 1. The molecule has 1 fully saturated rings. The first-order chi connectivity index (χ1) is 9.95. The smallest absolute Gasteiger partial charge is 0.173 e. The van der Waals surface area contributed by atoms with E-state index in [4.69, 9.17) is 17.0 Å². The van der Waals surface area contributed by atoms with E-state index in [0.29, 0.717) is 18.1 Å². The molecule has 2 rings (SSSR count). The molecule has 0 spiro atoms. The molecule has 1 atom stereocenters. The molecule has 5 nitrogen and oxygen atoms in total. The number of nitrogens with zero attached hydrogens (tertiary/aromatic N) is 1. The lowest BCUT2D eigenvalue weighted by Crippen LogP contribution is -2.43. The highest BCUT2D eigenvalue weighted by Gasteiger charge is 2.32. The monoisotopic (exact) mass is 328 g/mol. The number of methoxy groups -OCH3 is 1. The van der Waals surface area contributed by atoms with E-state index in [2.05, 4.69) is 5.32 Å². The van der Waals surface area contributed by atoms with Crippen molar-refractivity contribution in [1.29, 1.82) is 0 Å². The SMILES string of the molecule is CCN(C(=S)Nc1cccc(OC)c1)[C@H]1CCS(=O)(=O)C1. The van der Waals surface area contributed by atoms with E-state index in [-0.39, 0.29) is 17.5 Å². The zero-order chi connectivity index (χ0) is 15.5. The van der Waals surface area contributed by atoms with E-state index >= 15 is 0 Å². The predicted molar refractivity (Wildman–Crippen MR) is 88.7 cm³/mol. The summed E-state index contributed by atoms with van der Waals surface area (Å²) < 4.78 is 28.4. The topological polar surface area (TPSA) is 58.6 Å². The minimum Gasteiger partial charge on any atom is -0.497 e. The predicted octanol–water partition coefficient (Wildman–Crippen LogP) is 1.90. The van der Waals surface area contributed by atoms with E-state index < -0.39 is 9.84 Å². The van der Waals surface area contributed by atoms with Crippen LogP contribution in [0.1, 0.15) is 13.3 Å². The van der Waals surface area contributed by atoms with Crippen LogP contribution in [-0.4, -0.2) is 49.6 Å². The second-order valence-electron chi connectivity index (χ2n) is 5.00. The molecule has 7 heteroatoms. The second-order valence-corrected chi connectivity index (χ2v) is 7.62. The first-order valence-corrected chi connectivity index (χ1v) is 9.10. The molecule has 1 aromatic rings. The van der Waals surface area contributed by atoms with E-state index in [0.717, 1.165) is 11.4 Å². The Balaban J connectivity index is 2.06. The summed E-state index contributed by atoms with van der Waals surface area (Å²) in [5, 5.41) is 3.70. The summed E-state index contributed by atoms with van der Waals surface area (Å²) in [6.45, 7) is 2.65. The van der Waals surface area contributed by atoms with Crippen LogP contribution in [0.4, 0.5) is 5.69 Å². The molecular formula is C14H20N2O3S2. The second kappa shape index (κ2) is 6.62. The largest absolute Gasteiger partial charge is 0.497 e. The maximum Gasteiger partial charge on any atom is 0.173 e. The first kappa shape index (κ1) is 16.0. The molecule has 1 heterocycles. The minimum atomic E-state index is -2.92. The Morgan fingerprint density at radius 3 is 2.86 bits per heavy atom. The number of nitrogens with one attached hydrogen (secondary N) is 1. The van der Waals surface area contributed by atoms with Gasteiger partial charge < -0.3 is 15.0 Å². The molecular weight excluding hydrogens is 308 g/mol. The lowest BCUT2D eigenvalue weighted by atomic mass is 10.2. The Hall–Kier alpha value is -1.34. The fourth-order valence-electron chi connectivity index (χ4n) is 2.48. The summed E-state index contributed by atoms with van der Waals surface area (Å²) in [4.78, 5) is 1.94. The molecule has 21 heavy (non-hydrogen) atoms. The van der Waals surface area contributed by atoms with Crippen LogP contribution in [0.25, 0.3) is 0 Å². The van der Waals surface area contributed by atoms with Gasteiger partial charge in [-0.25, -0.2) is 8.42 Å². The maximum atomic E-state index is 11.6. The Bertz CT molecular complexity index is 616. The summed E-state index contributed by atoms with van der Waals surface area (Å²) >= 11 is 5.43. The normalized spacial score (nSPS) is 20.0. The van der Waals surface area contributed by atoms with Gasteiger partial charge in [0.05, 0.1) is 18.6 Å². The van der Waals surface area contributed by atoms with Crippen molar-refractivity contribution in [3.05, 3.63) is 24.3 Å². The number of hydrogen-bond donors (Lipinski definition) is 1. The Morgan fingerprint density at radius 1 is 1.52 bits per heavy atom. The van der Waals surface area contributed by atoms with Crippen LogP contribution in [0, 0.1) is 0 Å². The lowest BCUT2D eigenvalue weighted by molar-refractivity contribution is 0.355. The van der Waals surface area contributed by atoms with Crippen molar-refractivity contribution < 1.29 is 13.2 Å². The summed E-state index contributed by atoms with van der Waals surface area (Å²) in [5.74, 6) is 1.17. The number of rotatable bonds is 4. The molecule has 0 aliphatic carbocycles. The van der Waals surface area contributed by atoms with Crippen molar-refractivity contribution in [3.8, 4) is 5.75 Å². The summed E-state index contributed by atoms with van der Waals surface area (Å²) in [5.41, 5.74) is 0.832. The molecule has 0 amide bonds. The first-order valence-electron chi connectivity index (χ1n) is 6.87. The summed E-state index contributed by atoms with van der Waals surface area (Å²) in [6.07, 6.45) is 0.635. The fourth-order valence-corrected chi connectivity index (χ4v) is 4.61. The van der Waals surface area contributed by atoms with Gasteiger partial charge in [-0.2, -0.15) is 0 Å². The number of thiocarbonyl (C=S) groups is 1. The molecule has 1 saturated heterocycles. The number of ether oxygens (including phenoxy) is 1. The van der Waals surface area contributed by atoms with Gasteiger partial charge in [-0.3, -0.25) is 0 Å².